The lowest BCUT2D eigenvalue weighted by Gasteiger charge is -2.26. The Balaban J connectivity index is 1.10. The van der Waals surface area contributed by atoms with Crippen LogP contribution in [0.15, 0.2) is 83.0 Å². The Morgan fingerprint density at radius 2 is 1.04 bits per heavy atom. The predicted molar refractivity (Wildman–Crippen MR) is 170 cm³/mol. The molecule has 0 saturated carbocycles. The molecule has 254 valence electrons. The fourth-order valence-electron chi connectivity index (χ4n) is 7.14. The standard InChI is InChI=1S/C36H32O12S/c1-15-7-21-11-19(33(39)43-21)13-25-29(17(3)31(37)45-25)23(9-15)47-35(41)27-5-6-28(49-27)36(42)48-24-10-16(2)8-22-12-20(34(40)44-22)14-26-30(24)18(4)32(38)46-26/h5-6,9-12,21-26,29-30H,3-4,7-8,13-14H2,1-2H3/b15-9+,16-10+/t21-,22-,23+,24+,25-,26-,29-,30-/m0/s1. The number of thiophene rings is 1. The van der Waals surface area contributed by atoms with E-state index in [1.807, 2.05) is 0 Å². The molecule has 2 aliphatic carbocycles. The number of carbonyl (C=O) groups excluding carboxylic acids is 6. The van der Waals surface area contributed by atoms with E-state index in [0.717, 1.165) is 22.5 Å². The number of esters is 6. The summed E-state index contributed by atoms with van der Waals surface area (Å²) in [5.41, 5.74) is 2.54. The van der Waals surface area contributed by atoms with E-state index < -0.39 is 84.3 Å². The quantitative estimate of drug-likeness (QED) is 0.193. The fraction of sp³-hybridized carbons (Fsp3) is 0.389. The van der Waals surface area contributed by atoms with E-state index >= 15 is 0 Å². The van der Waals surface area contributed by atoms with Crippen LogP contribution in [-0.4, -0.2) is 72.4 Å². The Hall–Kier alpha value is -5.04. The maximum absolute atomic E-state index is 13.5. The summed E-state index contributed by atoms with van der Waals surface area (Å²) in [6, 6.07) is 2.87. The highest BCUT2D eigenvalue weighted by Gasteiger charge is 2.48. The van der Waals surface area contributed by atoms with Gasteiger partial charge in [-0.15, -0.1) is 11.3 Å². The lowest BCUT2D eigenvalue weighted by Crippen LogP contribution is -2.33. The number of hydrogen-bond donors (Lipinski definition) is 0. The molecule has 0 amide bonds. The van der Waals surface area contributed by atoms with Crippen LogP contribution in [0.2, 0.25) is 0 Å². The third kappa shape index (κ3) is 6.18. The van der Waals surface area contributed by atoms with Crippen molar-refractivity contribution >= 4 is 47.2 Å². The predicted octanol–water partition coefficient (Wildman–Crippen LogP) is 4.18. The van der Waals surface area contributed by atoms with Gasteiger partial charge in [-0.1, -0.05) is 24.3 Å². The minimum Gasteiger partial charge on any atom is -0.458 e. The monoisotopic (exact) mass is 688 g/mol. The van der Waals surface area contributed by atoms with Crippen molar-refractivity contribution in [2.45, 2.75) is 76.2 Å². The maximum Gasteiger partial charge on any atom is 0.348 e. The number of rotatable bonds is 4. The summed E-state index contributed by atoms with van der Waals surface area (Å²) in [4.78, 5) is 77.3. The first-order valence-corrected chi connectivity index (χ1v) is 16.7. The fourth-order valence-corrected chi connectivity index (χ4v) is 7.91. The Morgan fingerprint density at radius 1 is 0.633 bits per heavy atom. The summed E-state index contributed by atoms with van der Waals surface area (Å²) in [7, 11) is 0. The lowest BCUT2D eigenvalue weighted by atomic mass is 9.85. The van der Waals surface area contributed by atoms with Gasteiger partial charge in [0, 0.05) is 48.0 Å². The summed E-state index contributed by atoms with van der Waals surface area (Å²) in [5, 5.41) is 0. The third-order valence-corrected chi connectivity index (χ3v) is 10.5. The van der Waals surface area contributed by atoms with E-state index in [0.29, 0.717) is 24.0 Å². The van der Waals surface area contributed by atoms with Gasteiger partial charge in [-0.3, -0.25) is 0 Å². The Bertz CT molecular complexity index is 1720. The van der Waals surface area contributed by atoms with E-state index in [1.54, 1.807) is 38.2 Å². The molecule has 2 saturated heterocycles. The van der Waals surface area contributed by atoms with Crippen molar-refractivity contribution in [3.63, 3.8) is 0 Å². The van der Waals surface area contributed by atoms with Gasteiger partial charge < -0.3 is 28.4 Å². The van der Waals surface area contributed by atoms with Crippen LogP contribution in [0.25, 0.3) is 0 Å². The molecule has 1 aromatic rings. The van der Waals surface area contributed by atoms with Gasteiger partial charge in [-0.05, 0) is 50.3 Å². The van der Waals surface area contributed by atoms with Crippen LogP contribution >= 0.6 is 11.3 Å². The molecule has 7 rings (SSSR count). The molecule has 8 atom stereocenters. The second kappa shape index (κ2) is 12.4. The minimum atomic E-state index is -0.956. The zero-order chi connectivity index (χ0) is 34.7. The second-order valence-electron chi connectivity index (χ2n) is 13.0. The molecule has 49 heavy (non-hydrogen) atoms. The van der Waals surface area contributed by atoms with Gasteiger partial charge in [0.2, 0.25) is 0 Å². The van der Waals surface area contributed by atoms with Crippen LogP contribution in [0, 0.1) is 11.8 Å². The van der Waals surface area contributed by atoms with Gasteiger partial charge in [0.15, 0.2) is 0 Å². The molecule has 0 aromatic carbocycles. The molecule has 4 aliphatic heterocycles. The van der Waals surface area contributed by atoms with E-state index in [4.69, 9.17) is 28.4 Å². The van der Waals surface area contributed by atoms with Crippen molar-refractivity contribution in [1.82, 2.24) is 0 Å². The summed E-state index contributed by atoms with van der Waals surface area (Å²) in [6.07, 6.45) is 3.31. The van der Waals surface area contributed by atoms with Gasteiger partial charge >= 0.3 is 35.8 Å². The molecular weight excluding hydrogens is 656 g/mol. The zero-order valence-electron chi connectivity index (χ0n) is 26.6. The van der Waals surface area contributed by atoms with Crippen LogP contribution in [0.5, 0.6) is 0 Å². The Morgan fingerprint density at radius 3 is 1.45 bits per heavy atom. The van der Waals surface area contributed by atoms with E-state index in [-0.39, 0.29) is 33.7 Å². The largest absolute Gasteiger partial charge is 0.458 e. The molecule has 13 heteroatoms. The van der Waals surface area contributed by atoms with E-state index in [2.05, 4.69) is 13.2 Å². The first-order chi connectivity index (χ1) is 23.3. The molecule has 2 fully saturated rings. The summed E-state index contributed by atoms with van der Waals surface area (Å²) >= 11 is 0.857. The minimum absolute atomic E-state index is 0.0856. The highest BCUT2D eigenvalue weighted by Crippen LogP contribution is 2.40. The maximum atomic E-state index is 13.5. The number of hydrogen-bond acceptors (Lipinski definition) is 13. The smallest absolute Gasteiger partial charge is 0.348 e. The van der Waals surface area contributed by atoms with Gasteiger partial charge in [-0.2, -0.15) is 0 Å². The third-order valence-electron chi connectivity index (χ3n) is 9.45. The van der Waals surface area contributed by atoms with Crippen LogP contribution in [0.3, 0.4) is 0 Å². The molecule has 0 unspecified atom stereocenters. The van der Waals surface area contributed by atoms with Gasteiger partial charge in [-0.25, -0.2) is 28.8 Å². The molecule has 1 aromatic heterocycles. The topological polar surface area (TPSA) is 158 Å². The molecule has 5 heterocycles. The van der Waals surface area contributed by atoms with Crippen molar-refractivity contribution in [3.05, 3.63) is 92.8 Å². The van der Waals surface area contributed by atoms with E-state index in [1.165, 1.54) is 12.1 Å². The average Bonchev–Trinajstić information content (AvgIpc) is 3.83. The average molecular weight is 689 g/mol. The first-order valence-electron chi connectivity index (χ1n) is 15.8. The summed E-state index contributed by atoms with van der Waals surface area (Å²) < 4.78 is 33.8. The molecule has 0 spiro atoms. The molecule has 6 aliphatic rings. The van der Waals surface area contributed by atoms with Crippen LogP contribution in [0.1, 0.15) is 58.9 Å². The van der Waals surface area contributed by atoms with Crippen molar-refractivity contribution in [1.29, 1.82) is 0 Å². The normalized spacial score (nSPS) is 34.4. The van der Waals surface area contributed by atoms with Crippen molar-refractivity contribution in [3.8, 4) is 0 Å². The second-order valence-corrected chi connectivity index (χ2v) is 14.1. The van der Waals surface area contributed by atoms with Crippen molar-refractivity contribution in [2.75, 3.05) is 0 Å². The molecule has 12 nitrogen and oxygen atoms in total. The van der Waals surface area contributed by atoms with Crippen molar-refractivity contribution in [2.24, 2.45) is 11.8 Å². The van der Waals surface area contributed by atoms with Gasteiger partial charge in [0.05, 0.1) is 11.8 Å². The Labute approximate surface area is 284 Å². The van der Waals surface area contributed by atoms with Crippen LogP contribution in [0.4, 0.5) is 0 Å². The number of carbonyl (C=O) groups is 6. The lowest BCUT2D eigenvalue weighted by molar-refractivity contribution is -0.142. The highest BCUT2D eigenvalue weighted by molar-refractivity contribution is 7.15. The first kappa shape index (κ1) is 32.5. The SMILES string of the molecule is C=C1C(=O)O[C@H]2CC3=C[C@H](C/C(C)=C/[C@@H](OC(=O)c4ccc(C(=O)O[C@@H]5/C=C(\C)C[C@H]6C=C(C[C@@H]7OC(=O)C(=C)[C@H]75)C(=O)O6)s4)[C@H]12)OC3=O. The van der Waals surface area contributed by atoms with Gasteiger partial charge in [0.25, 0.3) is 0 Å². The molecular formula is C36H32O12S. The molecule has 0 N–H and O–H groups in total. The number of ether oxygens (including phenoxy) is 6. The zero-order valence-corrected chi connectivity index (χ0v) is 27.4. The Kier molecular flexibility index (Phi) is 8.26. The van der Waals surface area contributed by atoms with Crippen LogP contribution in [-0.2, 0) is 47.6 Å². The van der Waals surface area contributed by atoms with E-state index in [9.17, 15) is 28.8 Å². The summed E-state index contributed by atoms with van der Waals surface area (Å²) in [5.74, 6) is -5.24. The van der Waals surface area contributed by atoms with Crippen LogP contribution < -0.4 is 0 Å². The summed E-state index contributed by atoms with van der Waals surface area (Å²) in [6.45, 7) is 11.4. The van der Waals surface area contributed by atoms with Gasteiger partial charge in [0.1, 0.15) is 46.4 Å². The van der Waals surface area contributed by atoms with Crippen molar-refractivity contribution < 1.29 is 57.2 Å². The molecule has 4 bridgehead atoms. The molecule has 0 radical (unpaired) electrons. The highest BCUT2D eigenvalue weighted by atomic mass is 32.1. The number of fused-ring (bicyclic) bond motifs is 4.